The number of rotatable bonds is 4. The molecular formula is C17H16F4N4O2. The Kier molecular flexibility index (Phi) is 4.66. The SMILES string of the molecule is Cc1nc(C(=O)Nc2ccc(F)c(C3(CF)N=C(N)CCC3(F)F)c2)co1. The van der Waals surface area contributed by atoms with Crippen LogP contribution < -0.4 is 11.1 Å². The quantitative estimate of drug-likeness (QED) is 0.791. The summed E-state index contributed by atoms with van der Waals surface area (Å²) in [7, 11) is 0. The smallest absolute Gasteiger partial charge is 0.280 e. The van der Waals surface area contributed by atoms with Crippen LogP contribution in [0.2, 0.25) is 0 Å². The van der Waals surface area contributed by atoms with Crippen LogP contribution in [-0.2, 0) is 5.54 Å². The largest absolute Gasteiger partial charge is 0.448 e. The van der Waals surface area contributed by atoms with E-state index in [4.69, 9.17) is 10.2 Å². The number of halogens is 4. The van der Waals surface area contributed by atoms with Gasteiger partial charge in [0.05, 0.1) is 5.84 Å². The molecule has 6 nitrogen and oxygen atoms in total. The number of anilines is 1. The standard InChI is InChI=1S/C17H16F4N4O2/c1-9-23-13(7-27-9)15(26)24-10-2-3-12(19)11(6-10)16(8-18)17(20,21)5-4-14(22)25-16/h2-3,6-7H,4-5,8H2,1H3,(H2,22,25)(H,24,26). The fraction of sp³-hybridized carbons (Fsp3) is 0.353. The van der Waals surface area contributed by atoms with E-state index in [0.29, 0.717) is 0 Å². The fourth-order valence-corrected chi connectivity index (χ4v) is 2.91. The molecule has 27 heavy (non-hydrogen) atoms. The molecule has 0 saturated heterocycles. The van der Waals surface area contributed by atoms with Crippen LogP contribution in [0.5, 0.6) is 0 Å². The zero-order valence-electron chi connectivity index (χ0n) is 14.2. The summed E-state index contributed by atoms with van der Waals surface area (Å²) in [5.74, 6) is -5.37. The van der Waals surface area contributed by atoms with Crippen molar-refractivity contribution in [3.63, 3.8) is 0 Å². The molecule has 2 aromatic rings. The van der Waals surface area contributed by atoms with Gasteiger partial charge in [-0.3, -0.25) is 9.79 Å². The van der Waals surface area contributed by atoms with Gasteiger partial charge in [-0.15, -0.1) is 0 Å². The van der Waals surface area contributed by atoms with Crippen molar-refractivity contribution in [3.05, 3.63) is 47.4 Å². The lowest BCUT2D eigenvalue weighted by molar-refractivity contribution is -0.0959. The molecule has 1 aliphatic rings. The van der Waals surface area contributed by atoms with E-state index in [-0.39, 0.29) is 29.5 Å². The normalized spacial score (nSPS) is 21.6. The molecule has 1 aromatic carbocycles. The number of hydrogen-bond acceptors (Lipinski definition) is 5. The molecule has 3 rings (SSSR count). The van der Waals surface area contributed by atoms with Crippen LogP contribution in [0.25, 0.3) is 0 Å². The Hall–Kier alpha value is -2.91. The van der Waals surface area contributed by atoms with Gasteiger partial charge in [0.25, 0.3) is 11.8 Å². The number of amidine groups is 1. The summed E-state index contributed by atoms with van der Waals surface area (Å²) in [6, 6.07) is 2.94. The predicted molar refractivity (Wildman–Crippen MR) is 89.0 cm³/mol. The molecule has 0 spiro atoms. The van der Waals surface area contributed by atoms with Gasteiger partial charge < -0.3 is 15.5 Å². The summed E-state index contributed by atoms with van der Waals surface area (Å²) in [6.07, 6.45) is 0.122. The first-order valence-corrected chi connectivity index (χ1v) is 8.00. The molecule has 10 heteroatoms. The molecule has 0 bridgehead atoms. The number of carbonyl (C=O) groups excluding carboxylic acids is 1. The van der Waals surface area contributed by atoms with Crippen LogP contribution in [0.1, 0.15) is 34.8 Å². The number of carbonyl (C=O) groups is 1. The molecule has 2 heterocycles. The Bertz CT molecular complexity index is 912. The van der Waals surface area contributed by atoms with E-state index in [9.17, 15) is 22.4 Å². The summed E-state index contributed by atoms with van der Waals surface area (Å²) in [5, 5.41) is 2.38. The number of amides is 1. The lowest BCUT2D eigenvalue weighted by atomic mass is 9.80. The molecule has 1 amide bonds. The minimum absolute atomic E-state index is 0.0278. The highest BCUT2D eigenvalue weighted by atomic mass is 19.3. The topological polar surface area (TPSA) is 93.5 Å². The van der Waals surface area contributed by atoms with Crippen molar-refractivity contribution in [2.45, 2.75) is 31.2 Å². The van der Waals surface area contributed by atoms with E-state index >= 15 is 0 Å². The number of nitrogens with zero attached hydrogens (tertiary/aromatic N) is 2. The maximum Gasteiger partial charge on any atom is 0.280 e. The van der Waals surface area contributed by atoms with Gasteiger partial charge in [-0.05, 0) is 18.2 Å². The molecular weight excluding hydrogens is 368 g/mol. The highest BCUT2D eigenvalue weighted by Gasteiger charge is 2.58. The van der Waals surface area contributed by atoms with Crippen molar-refractivity contribution in [2.75, 3.05) is 12.0 Å². The number of oxazole rings is 1. The molecule has 0 fully saturated rings. The van der Waals surface area contributed by atoms with Crippen LogP contribution in [0.3, 0.4) is 0 Å². The lowest BCUT2D eigenvalue weighted by Gasteiger charge is -2.39. The summed E-state index contributed by atoms with van der Waals surface area (Å²) in [4.78, 5) is 19.5. The van der Waals surface area contributed by atoms with Crippen molar-refractivity contribution >= 4 is 17.4 Å². The van der Waals surface area contributed by atoms with Gasteiger partial charge in [0, 0.05) is 31.0 Å². The third-order valence-electron chi connectivity index (χ3n) is 4.35. The Balaban J connectivity index is 2.02. The Morgan fingerprint density at radius 3 is 2.78 bits per heavy atom. The van der Waals surface area contributed by atoms with E-state index < -0.39 is 41.8 Å². The number of aromatic nitrogens is 1. The minimum atomic E-state index is -3.66. The Morgan fingerprint density at radius 2 is 2.15 bits per heavy atom. The molecule has 1 aromatic heterocycles. The van der Waals surface area contributed by atoms with Crippen LogP contribution in [0.4, 0.5) is 23.2 Å². The zero-order valence-corrected chi connectivity index (χ0v) is 14.2. The number of aryl methyl sites for hydroxylation is 1. The number of aliphatic imine (C=N–C) groups is 1. The molecule has 144 valence electrons. The molecule has 0 saturated carbocycles. The van der Waals surface area contributed by atoms with Gasteiger partial charge in [-0.2, -0.15) is 0 Å². The third-order valence-corrected chi connectivity index (χ3v) is 4.35. The highest BCUT2D eigenvalue weighted by molar-refractivity contribution is 6.02. The first kappa shape index (κ1) is 18.9. The first-order valence-electron chi connectivity index (χ1n) is 8.00. The van der Waals surface area contributed by atoms with Crippen LogP contribution in [0.15, 0.2) is 33.9 Å². The van der Waals surface area contributed by atoms with E-state index in [2.05, 4.69) is 15.3 Å². The second-order valence-corrected chi connectivity index (χ2v) is 6.20. The lowest BCUT2D eigenvalue weighted by Crippen LogP contribution is -2.51. The Morgan fingerprint density at radius 1 is 1.41 bits per heavy atom. The predicted octanol–water partition coefficient (Wildman–Crippen LogP) is 3.33. The van der Waals surface area contributed by atoms with Gasteiger partial charge in [0.15, 0.2) is 17.1 Å². The number of nitrogens with two attached hydrogens (primary N) is 1. The summed E-state index contributed by atoms with van der Waals surface area (Å²) in [5.41, 5.74) is 1.98. The summed E-state index contributed by atoms with van der Waals surface area (Å²) >= 11 is 0. The molecule has 1 atom stereocenters. The summed E-state index contributed by atoms with van der Waals surface area (Å²) < 4.78 is 62.2. The van der Waals surface area contributed by atoms with E-state index in [0.717, 1.165) is 24.5 Å². The number of hydrogen-bond donors (Lipinski definition) is 2. The molecule has 1 unspecified atom stereocenters. The average Bonchev–Trinajstić information content (AvgIpc) is 3.05. The minimum Gasteiger partial charge on any atom is -0.448 e. The van der Waals surface area contributed by atoms with Gasteiger partial charge in [0.1, 0.15) is 18.8 Å². The van der Waals surface area contributed by atoms with Gasteiger partial charge in [0.2, 0.25) is 0 Å². The van der Waals surface area contributed by atoms with Crippen molar-refractivity contribution in [1.82, 2.24) is 4.98 Å². The fourth-order valence-electron chi connectivity index (χ4n) is 2.91. The maximum absolute atomic E-state index is 14.5. The van der Waals surface area contributed by atoms with E-state index in [1.165, 1.54) is 6.92 Å². The summed E-state index contributed by atoms with van der Waals surface area (Å²) in [6.45, 7) is -0.122. The monoisotopic (exact) mass is 384 g/mol. The molecule has 0 radical (unpaired) electrons. The van der Waals surface area contributed by atoms with E-state index in [1.54, 1.807) is 0 Å². The van der Waals surface area contributed by atoms with Crippen LogP contribution in [-0.4, -0.2) is 29.3 Å². The van der Waals surface area contributed by atoms with E-state index in [1.807, 2.05) is 0 Å². The average molecular weight is 384 g/mol. The zero-order chi connectivity index (χ0) is 19.8. The third kappa shape index (κ3) is 3.26. The first-order chi connectivity index (χ1) is 12.7. The number of alkyl halides is 3. The van der Waals surface area contributed by atoms with Crippen LogP contribution >= 0.6 is 0 Å². The number of nitrogens with one attached hydrogen (secondary N) is 1. The van der Waals surface area contributed by atoms with Crippen molar-refractivity contribution in [3.8, 4) is 0 Å². The van der Waals surface area contributed by atoms with Gasteiger partial charge in [-0.1, -0.05) is 0 Å². The second-order valence-electron chi connectivity index (χ2n) is 6.20. The maximum atomic E-state index is 14.5. The van der Waals surface area contributed by atoms with Crippen molar-refractivity contribution in [1.29, 1.82) is 0 Å². The highest BCUT2D eigenvalue weighted by Crippen LogP contribution is 2.48. The van der Waals surface area contributed by atoms with Gasteiger partial charge in [-0.25, -0.2) is 22.5 Å². The van der Waals surface area contributed by atoms with Crippen LogP contribution in [0, 0.1) is 12.7 Å². The van der Waals surface area contributed by atoms with Gasteiger partial charge >= 0.3 is 0 Å². The van der Waals surface area contributed by atoms with Crippen molar-refractivity contribution < 1.29 is 26.8 Å². The molecule has 1 aliphatic heterocycles. The number of benzene rings is 1. The van der Waals surface area contributed by atoms with Crippen molar-refractivity contribution in [2.24, 2.45) is 10.7 Å². The second kappa shape index (κ2) is 6.67. The molecule has 0 aliphatic carbocycles. The Labute approximate surface area is 151 Å². The molecule has 3 N–H and O–H groups in total.